The van der Waals surface area contributed by atoms with E-state index in [2.05, 4.69) is 11.4 Å². The fourth-order valence-electron chi connectivity index (χ4n) is 1.69. The van der Waals surface area contributed by atoms with Gasteiger partial charge in [-0.1, -0.05) is 0 Å². The number of benzene rings is 1. The highest BCUT2D eigenvalue weighted by molar-refractivity contribution is 5.95. The second-order valence-corrected chi connectivity index (χ2v) is 4.01. The van der Waals surface area contributed by atoms with Crippen molar-refractivity contribution >= 4 is 5.91 Å². The highest BCUT2D eigenvalue weighted by Gasteiger charge is 2.38. The van der Waals surface area contributed by atoms with E-state index in [0.29, 0.717) is 18.4 Å². The summed E-state index contributed by atoms with van der Waals surface area (Å²) in [5.74, 6) is -0.698. The van der Waals surface area contributed by atoms with E-state index in [9.17, 15) is 9.18 Å². The van der Waals surface area contributed by atoms with Gasteiger partial charge in [0, 0.05) is 5.56 Å². The molecule has 82 valence electrons. The Morgan fingerprint density at radius 1 is 1.38 bits per heavy atom. The highest BCUT2D eigenvalue weighted by atomic mass is 19.1. The molecule has 1 fully saturated rings. The Balaban J connectivity index is 2.09. The molecule has 0 radical (unpaired) electrons. The molecular weight excluding hydrogens is 207 g/mol. The SMILES string of the molecule is N#CC1(NC(=O)c2ccc(F)cc2)CCC1. The zero-order chi connectivity index (χ0) is 11.6. The molecule has 1 aromatic rings. The molecule has 1 amide bonds. The van der Waals surface area contributed by atoms with Crippen LogP contribution in [-0.4, -0.2) is 11.4 Å². The monoisotopic (exact) mass is 218 g/mol. The van der Waals surface area contributed by atoms with E-state index in [1.807, 2.05) is 0 Å². The largest absolute Gasteiger partial charge is 0.334 e. The zero-order valence-corrected chi connectivity index (χ0v) is 8.66. The van der Waals surface area contributed by atoms with E-state index in [-0.39, 0.29) is 11.7 Å². The highest BCUT2D eigenvalue weighted by Crippen LogP contribution is 2.31. The summed E-state index contributed by atoms with van der Waals surface area (Å²) in [6.45, 7) is 0. The number of nitrogens with one attached hydrogen (secondary N) is 1. The van der Waals surface area contributed by atoms with Gasteiger partial charge in [0.1, 0.15) is 11.4 Å². The van der Waals surface area contributed by atoms with Crippen LogP contribution in [0.5, 0.6) is 0 Å². The molecule has 0 spiro atoms. The van der Waals surface area contributed by atoms with Crippen molar-refractivity contribution in [2.24, 2.45) is 0 Å². The summed E-state index contributed by atoms with van der Waals surface area (Å²) in [5.41, 5.74) is -0.325. The standard InChI is InChI=1S/C12H11FN2O/c13-10-4-2-9(3-5-10)11(16)15-12(8-14)6-1-7-12/h2-5H,1,6-7H2,(H,15,16). The van der Waals surface area contributed by atoms with Crippen LogP contribution in [0.4, 0.5) is 4.39 Å². The number of carbonyl (C=O) groups is 1. The number of hydrogen-bond acceptors (Lipinski definition) is 2. The number of amides is 1. The van der Waals surface area contributed by atoms with Crippen molar-refractivity contribution in [3.8, 4) is 6.07 Å². The van der Waals surface area contributed by atoms with Crippen molar-refractivity contribution in [2.45, 2.75) is 24.8 Å². The van der Waals surface area contributed by atoms with Crippen LogP contribution in [-0.2, 0) is 0 Å². The topological polar surface area (TPSA) is 52.9 Å². The van der Waals surface area contributed by atoms with Crippen LogP contribution in [0.25, 0.3) is 0 Å². The molecule has 4 heteroatoms. The lowest BCUT2D eigenvalue weighted by Gasteiger charge is -2.35. The fraction of sp³-hybridized carbons (Fsp3) is 0.333. The summed E-state index contributed by atoms with van der Waals surface area (Å²) in [6.07, 6.45) is 2.34. The molecule has 0 heterocycles. The third kappa shape index (κ3) is 1.89. The van der Waals surface area contributed by atoms with Crippen LogP contribution in [0, 0.1) is 17.1 Å². The Bertz CT molecular complexity index is 443. The van der Waals surface area contributed by atoms with Gasteiger partial charge >= 0.3 is 0 Å². The van der Waals surface area contributed by atoms with E-state index >= 15 is 0 Å². The summed E-state index contributed by atoms with van der Waals surface area (Å²) in [4.78, 5) is 11.7. The predicted octanol–water partition coefficient (Wildman–Crippen LogP) is 2.00. The Morgan fingerprint density at radius 3 is 2.44 bits per heavy atom. The molecule has 0 saturated heterocycles. The van der Waals surface area contributed by atoms with Gasteiger partial charge in [-0.3, -0.25) is 4.79 Å². The third-order valence-corrected chi connectivity index (χ3v) is 2.88. The van der Waals surface area contributed by atoms with Gasteiger partial charge in [-0.2, -0.15) is 5.26 Å². The van der Waals surface area contributed by atoms with Gasteiger partial charge in [-0.25, -0.2) is 4.39 Å². The molecule has 1 N–H and O–H groups in total. The summed E-state index contributed by atoms with van der Waals surface area (Å²) in [7, 11) is 0. The molecule has 2 rings (SSSR count). The molecule has 0 atom stereocenters. The smallest absolute Gasteiger partial charge is 0.252 e. The van der Waals surface area contributed by atoms with Crippen LogP contribution in [0.2, 0.25) is 0 Å². The molecule has 0 aromatic heterocycles. The van der Waals surface area contributed by atoms with E-state index in [1.165, 1.54) is 24.3 Å². The molecular formula is C12H11FN2O. The lowest BCUT2D eigenvalue weighted by atomic mass is 9.78. The molecule has 0 aliphatic heterocycles. The van der Waals surface area contributed by atoms with Crippen LogP contribution in [0.15, 0.2) is 24.3 Å². The number of hydrogen-bond donors (Lipinski definition) is 1. The molecule has 3 nitrogen and oxygen atoms in total. The van der Waals surface area contributed by atoms with E-state index in [0.717, 1.165) is 6.42 Å². The van der Waals surface area contributed by atoms with Gasteiger partial charge < -0.3 is 5.32 Å². The maximum Gasteiger partial charge on any atom is 0.252 e. The third-order valence-electron chi connectivity index (χ3n) is 2.88. The Labute approximate surface area is 92.9 Å². The average molecular weight is 218 g/mol. The molecule has 16 heavy (non-hydrogen) atoms. The van der Waals surface area contributed by atoms with Gasteiger partial charge in [-0.15, -0.1) is 0 Å². The van der Waals surface area contributed by atoms with Gasteiger partial charge in [0.05, 0.1) is 6.07 Å². The fourth-order valence-corrected chi connectivity index (χ4v) is 1.69. The lowest BCUT2D eigenvalue weighted by Crippen LogP contribution is -2.52. The second kappa shape index (κ2) is 3.93. The minimum Gasteiger partial charge on any atom is -0.334 e. The zero-order valence-electron chi connectivity index (χ0n) is 8.66. The van der Waals surface area contributed by atoms with Crippen LogP contribution in [0.1, 0.15) is 29.6 Å². The first-order valence-corrected chi connectivity index (χ1v) is 5.15. The minimum atomic E-state index is -0.703. The van der Waals surface area contributed by atoms with E-state index in [1.54, 1.807) is 0 Å². The van der Waals surface area contributed by atoms with Crippen molar-refractivity contribution in [3.63, 3.8) is 0 Å². The first-order chi connectivity index (χ1) is 7.65. The van der Waals surface area contributed by atoms with Crippen molar-refractivity contribution in [2.75, 3.05) is 0 Å². The molecule has 0 unspecified atom stereocenters. The first-order valence-electron chi connectivity index (χ1n) is 5.15. The number of rotatable bonds is 2. The van der Waals surface area contributed by atoms with Gasteiger partial charge in [0.25, 0.3) is 5.91 Å². The molecule has 1 aromatic carbocycles. The summed E-state index contributed by atoms with van der Waals surface area (Å²) in [6, 6.07) is 7.40. The van der Waals surface area contributed by atoms with Crippen molar-refractivity contribution < 1.29 is 9.18 Å². The quantitative estimate of drug-likeness (QED) is 0.825. The Hall–Kier alpha value is -1.89. The second-order valence-electron chi connectivity index (χ2n) is 4.01. The van der Waals surface area contributed by atoms with E-state index in [4.69, 9.17) is 5.26 Å². The molecule has 1 aliphatic rings. The van der Waals surface area contributed by atoms with Crippen molar-refractivity contribution in [1.29, 1.82) is 5.26 Å². The minimum absolute atomic E-state index is 0.318. The van der Waals surface area contributed by atoms with Crippen LogP contribution in [0.3, 0.4) is 0 Å². The van der Waals surface area contributed by atoms with Crippen molar-refractivity contribution in [3.05, 3.63) is 35.6 Å². The van der Waals surface area contributed by atoms with Gasteiger partial charge in [-0.05, 0) is 43.5 Å². The Morgan fingerprint density at radius 2 is 2.00 bits per heavy atom. The van der Waals surface area contributed by atoms with Crippen LogP contribution < -0.4 is 5.32 Å². The first kappa shape index (κ1) is 10.6. The summed E-state index contributed by atoms with van der Waals surface area (Å²) < 4.78 is 12.6. The Kier molecular flexibility index (Phi) is 2.61. The number of carbonyl (C=O) groups excluding carboxylic acids is 1. The maximum atomic E-state index is 12.6. The lowest BCUT2D eigenvalue weighted by molar-refractivity contribution is 0.0881. The number of nitriles is 1. The van der Waals surface area contributed by atoms with Crippen molar-refractivity contribution in [1.82, 2.24) is 5.32 Å². The molecule has 0 bridgehead atoms. The summed E-state index contributed by atoms with van der Waals surface area (Å²) in [5, 5.41) is 11.6. The molecule has 1 aliphatic carbocycles. The predicted molar refractivity (Wildman–Crippen MR) is 56.1 cm³/mol. The number of nitrogens with zero attached hydrogens (tertiary/aromatic N) is 1. The summed E-state index contributed by atoms with van der Waals surface area (Å²) >= 11 is 0. The average Bonchev–Trinajstić information content (AvgIpc) is 2.24. The molecule has 1 saturated carbocycles. The van der Waals surface area contributed by atoms with Crippen LogP contribution >= 0.6 is 0 Å². The van der Waals surface area contributed by atoms with E-state index < -0.39 is 5.54 Å². The number of halogens is 1. The maximum absolute atomic E-state index is 12.6. The normalized spacial score (nSPS) is 17.0. The van der Waals surface area contributed by atoms with Gasteiger partial charge in [0.2, 0.25) is 0 Å². The van der Waals surface area contributed by atoms with Gasteiger partial charge in [0.15, 0.2) is 0 Å².